The minimum atomic E-state index is -3.83. The molecule has 1 heterocycles. The summed E-state index contributed by atoms with van der Waals surface area (Å²) in [6.45, 7) is 0.552. The van der Waals surface area contributed by atoms with Crippen LogP contribution in [0.5, 0.6) is 17.2 Å². The summed E-state index contributed by atoms with van der Waals surface area (Å²) >= 11 is 5.88. The van der Waals surface area contributed by atoms with Crippen molar-refractivity contribution < 1.29 is 27.4 Å². The SMILES string of the molecule is COc1ccc(OC)c(COc2ccc(/C=N\NC(=O)[C@H]3CCCN3S(=O)(=O)c3ccc(Cl)cc3)cc2)c1. The number of halogens is 1. The molecular formula is C27H28ClN3O6S. The Kier molecular flexibility index (Phi) is 8.88. The zero-order valence-electron chi connectivity index (χ0n) is 21.0. The van der Waals surface area contributed by atoms with Crippen LogP contribution in [0.15, 0.2) is 76.7 Å². The lowest BCUT2D eigenvalue weighted by Crippen LogP contribution is -2.44. The van der Waals surface area contributed by atoms with E-state index in [2.05, 4.69) is 10.5 Å². The quantitative estimate of drug-likeness (QED) is 0.295. The average Bonchev–Trinajstić information content (AvgIpc) is 3.44. The number of nitrogens with one attached hydrogen (secondary N) is 1. The van der Waals surface area contributed by atoms with Gasteiger partial charge in [-0.25, -0.2) is 13.8 Å². The molecular weight excluding hydrogens is 530 g/mol. The first-order valence-electron chi connectivity index (χ1n) is 11.9. The number of benzene rings is 3. The van der Waals surface area contributed by atoms with Crippen molar-refractivity contribution in [2.45, 2.75) is 30.4 Å². The van der Waals surface area contributed by atoms with Gasteiger partial charge in [-0.3, -0.25) is 4.79 Å². The lowest BCUT2D eigenvalue weighted by Gasteiger charge is -2.22. The van der Waals surface area contributed by atoms with E-state index in [9.17, 15) is 13.2 Å². The first-order chi connectivity index (χ1) is 18.3. The zero-order valence-corrected chi connectivity index (χ0v) is 22.5. The number of rotatable bonds is 10. The molecule has 1 N–H and O–H groups in total. The van der Waals surface area contributed by atoms with Gasteiger partial charge in [0.25, 0.3) is 5.91 Å². The third kappa shape index (κ3) is 6.45. The standard InChI is InChI=1S/C27H28ClN3O6S/c1-35-23-11-14-26(36-2)20(16-23)18-37-22-9-5-19(6-10-22)17-29-30-27(32)25-4-3-15-31(25)38(33,34)24-12-7-21(28)8-13-24/h5-14,16-17,25H,3-4,15,18H2,1-2H3,(H,30,32)/b29-17-/t25-/m1/s1. The molecule has 1 saturated heterocycles. The molecule has 200 valence electrons. The van der Waals surface area contributed by atoms with Crippen LogP contribution >= 0.6 is 11.6 Å². The Hall–Kier alpha value is -3.60. The van der Waals surface area contributed by atoms with Crippen molar-refractivity contribution in [1.29, 1.82) is 0 Å². The molecule has 1 atom stereocenters. The molecule has 0 aromatic heterocycles. The number of sulfonamides is 1. The highest BCUT2D eigenvalue weighted by Crippen LogP contribution is 2.27. The van der Waals surface area contributed by atoms with Crippen molar-refractivity contribution >= 4 is 33.7 Å². The number of amides is 1. The van der Waals surface area contributed by atoms with Crippen LogP contribution in [0, 0.1) is 0 Å². The van der Waals surface area contributed by atoms with E-state index in [-0.39, 0.29) is 11.4 Å². The number of ether oxygens (including phenoxy) is 3. The molecule has 1 amide bonds. The second-order valence-corrected chi connectivity index (χ2v) is 10.8. The summed E-state index contributed by atoms with van der Waals surface area (Å²) in [6.07, 6.45) is 2.48. The predicted molar refractivity (Wildman–Crippen MR) is 144 cm³/mol. The Labute approximate surface area is 227 Å². The smallest absolute Gasteiger partial charge is 0.258 e. The topological polar surface area (TPSA) is 107 Å². The van der Waals surface area contributed by atoms with E-state index in [0.717, 1.165) is 11.1 Å². The van der Waals surface area contributed by atoms with Crippen LogP contribution in [-0.4, -0.2) is 51.7 Å². The van der Waals surface area contributed by atoms with Crippen molar-refractivity contribution in [3.05, 3.63) is 82.9 Å². The van der Waals surface area contributed by atoms with Crippen LogP contribution in [0.25, 0.3) is 0 Å². The normalized spacial score (nSPS) is 15.9. The largest absolute Gasteiger partial charge is 0.497 e. The van der Waals surface area contributed by atoms with Gasteiger partial charge in [0.2, 0.25) is 10.0 Å². The van der Waals surface area contributed by atoms with E-state index in [4.69, 9.17) is 25.8 Å². The van der Waals surface area contributed by atoms with Crippen molar-refractivity contribution in [2.75, 3.05) is 20.8 Å². The van der Waals surface area contributed by atoms with Crippen LogP contribution in [0.4, 0.5) is 0 Å². The van der Waals surface area contributed by atoms with Gasteiger partial charge in [-0.05, 0) is 85.1 Å². The number of hydrazone groups is 1. The summed E-state index contributed by atoms with van der Waals surface area (Å²) in [4.78, 5) is 12.9. The van der Waals surface area contributed by atoms with Crippen molar-refractivity contribution in [3.63, 3.8) is 0 Å². The van der Waals surface area contributed by atoms with Gasteiger partial charge in [0, 0.05) is 17.1 Å². The highest BCUT2D eigenvalue weighted by atomic mass is 35.5. The zero-order chi connectivity index (χ0) is 27.1. The second-order valence-electron chi connectivity index (χ2n) is 8.50. The predicted octanol–water partition coefficient (Wildman–Crippen LogP) is 4.24. The Bertz CT molecular complexity index is 1400. The summed E-state index contributed by atoms with van der Waals surface area (Å²) in [5.74, 6) is 1.57. The molecule has 0 unspecified atom stereocenters. The molecule has 0 aliphatic carbocycles. The molecule has 0 saturated carbocycles. The summed E-state index contributed by atoms with van der Waals surface area (Å²) < 4.78 is 43.8. The molecule has 38 heavy (non-hydrogen) atoms. The molecule has 1 aliphatic rings. The summed E-state index contributed by atoms with van der Waals surface area (Å²) in [5.41, 5.74) is 4.04. The van der Waals surface area contributed by atoms with E-state index in [1.807, 2.05) is 18.2 Å². The van der Waals surface area contributed by atoms with Crippen LogP contribution in [0.2, 0.25) is 5.02 Å². The van der Waals surface area contributed by atoms with E-state index in [1.165, 1.54) is 34.8 Å². The molecule has 1 fully saturated rings. The molecule has 4 rings (SSSR count). The summed E-state index contributed by atoms with van der Waals surface area (Å²) in [6, 6.07) is 17.7. The van der Waals surface area contributed by atoms with Gasteiger partial charge in [-0.15, -0.1) is 0 Å². The molecule has 3 aromatic rings. The van der Waals surface area contributed by atoms with Gasteiger partial charge in [0.05, 0.1) is 25.3 Å². The first-order valence-corrected chi connectivity index (χ1v) is 13.7. The highest BCUT2D eigenvalue weighted by molar-refractivity contribution is 7.89. The maximum absolute atomic E-state index is 13.0. The molecule has 1 aliphatic heterocycles. The van der Waals surface area contributed by atoms with Crippen LogP contribution in [0.1, 0.15) is 24.0 Å². The fourth-order valence-electron chi connectivity index (χ4n) is 4.08. The fourth-order valence-corrected chi connectivity index (χ4v) is 5.87. The van der Waals surface area contributed by atoms with Crippen LogP contribution < -0.4 is 19.6 Å². The van der Waals surface area contributed by atoms with E-state index in [1.54, 1.807) is 38.5 Å². The summed E-state index contributed by atoms with van der Waals surface area (Å²) in [5, 5.41) is 4.45. The van der Waals surface area contributed by atoms with Crippen molar-refractivity contribution in [2.24, 2.45) is 5.10 Å². The van der Waals surface area contributed by atoms with E-state index < -0.39 is 22.0 Å². The van der Waals surface area contributed by atoms with E-state index >= 15 is 0 Å². The maximum Gasteiger partial charge on any atom is 0.258 e. The summed E-state index contributed by atoms with van der Waals surface area (Å²) in [7, 11) is -0.635. The van der Waals surface area contributed by atoms with Gasteiger partial charge >= 0.3 is 0 Å². The minimum absolute atomic E-state index is 0.0947. The van der Waals surface area contributed by atoms with E-state index in [0.29, 0.717) is 41.7 Å². The Balaban J connectivity index is 1.33. The molecule has 3 aromatic carbocycles. The number of hydrogen-bond acceptors (Lipinski definition) is 7. The van der Waals surface area contributed by atoms with Crippen molar-refractivity contribution in [1.82, 2.24) is 9.73 Å². The molecule has 0 spiro atoms. The first kappa shape index (κ1) is 27.4. The third-order valence-electron chi connectivity index (χ3n) is 6.08. The lowest BCUT2D eigenvalue weighted by molar-refractivity contribution is -0.124. The minimum Gasteiger partial charge on any atom is -0.497 e. The molecule has 0 radical (unpaired) electrons. The monoisotopic (exact) mass is 557 g/mol. The number of hydrogen-bond donors (Lipinski definition) is 1. The highest BCUT2D eigenvalue weighted by Gasteiger charge is 2.39. The number of nitrogens with zero attached hydrogens (tertiary/aromatic N) is 2. The van der Waals surface area contributed by atoms with Gasteiger partial charge in [-0.2, -0.15) is 9.41 Å². The maximum atomic E-state index is 13.0. The van der Waals surface area contributed by atoms with Gasteiger partial charge in [-0.1, -0.05) is 11.6 Å². The second kappa shape index (κ2) is 12.3. The number of carbonyl (C=O) groups is 1. The van der Waals surface area contributed by atoms with Crippen LogP contribution in [0.3, 0.4) is 0 Å². The van der Waals surface area contributed by atoms with Gasteiger partial charge in [0.1, 0.15) is 29.9 Å². The van der Waals surface area contributed by atoms with Gasteiger partial charge < -0.3 is 14.2 Å². The van der Waals surface area contributed by atoms with Crippen molar-refractivity contribution in [3.8, 4) is 17.2 Å². The van der Waals surface area contributed by atoms with Gasteiger partial charge in [0.15, 0.2) is 0 Å². The number of methoxy groups -OCH3 is 2. The molecule has 0 bridgehead atoms. The molecule has 11 heteroatoms. The Morgan fingerprint density at radius 2 is 1.76 bits per heavy atom. The average molecular weight is 558 g/mol. The third-order valence-corrected chi connectivity index (χ3v) is 8.25. The molecule has 9 nitrogen and oxygen atoms in total. The number of carbonyl (C=O) groups excluding carboxylic acids is 1. The van der Waals surface area contributed by atoms with Crippen LogP contribution in [-0.2, 0) is 21.4 Å². The lowest BCUT2D eigenvalue weighted by atomic mass is 10.2. The Morgan fingerprint density at radius 3 is 2.45 bits per heavy atom. The Morgan fingerprint density at radius 1 is 1.05 bits per heavy atom. The fraction of sp³-hybridized carbons (Fsp3) is 0.259.